The second-order valence-corrected chi connectivity index (χ2v) is 8.66. The van der Waals surface area contributed by atoms with Gasteiger partial charge in [0.05, 0.1) is 17.3 Å². The minimum Gasteiger partial charge on any atom is -0.354 e. The molecular weight excluding hydrogens is 388 g/mol. The minimum absolute atomic E-state index is 0.0263. The molecule has 31 heavy (non-hydrogen) atoms. The first-order valence-electron chi connectivity index (χ1n) is 11.3. The van der Waals surface area contributed by atoms with Crippen LogP contribution < -0.4 is 4.90 Å². The van der Waals surface area contributed by atoms with Gasteiger partial charge in [0.25, 0.3) is 0 Å². The van der Waals surface area contributed by atoms with Crippen molar-refractivity contribution in [2.24, 2.45) is 5.92 Å². The van der Waals surface area contributed by atoms with E-state index in [1.807, 2.05) is 60.0 Å². The average Bonchev–Trinajstić information content (AvgIpc) is 3.07. The number of carbonyl (C=O) groups excluding carboxylic acids is 1. The zero-order valence-electron chi connectivity index (χ0n) is 19.0. The van der Waals surface area contributed by atoms with Gasteiger partial charge in [0.1, 0.15) is 11.6 Å². The molecule has 1 aliphatic heterocycles. The summed E-state index contributed by atoms with van der Waals surface area (Å²) in [5.41, 5.74) is 1.83. The van der Waals surface area contributed by atoms with Crippen molar-refractivity contribution in [1.82, 2.24) is 24.6 Å². The maximum atomic E-state index is 12.5. The van der Waals surface area contributed by atoms with Crippen LogP contribution in [0.3, 0.4) is 0 Å². The molecule has 1 amide bonds. The van der Waals surface area contributed by atoms with E-state index < -0.39 is 0 Å². The Bertz CT molecular complexity index is 1040. The van der Waals surface area contributed by atoms with Gasteiger partial charge in [-0.3, -0.25) is 4.79 Å². The first kappa shape index (κ1) is 21.3. The predicted molar refractivity (Wildman–Crippen MR) is 124 cm³/mol. The zero-order valence-corrected chi connectivity index (χ0v) is 19.0. The highest BCUT2D eigenvalue weighted by atomic mass is 16.2. The van der Waals surface area contributed by atoms with Crippen LogP contribution in [0.15, 0.2) is 36.5 Å². The number of anilines is 1. The van der Waals surface area contributed by atoms with Gasteiger partial charge in [-0.05, 0) is 25.0 Å². The summed E-state index contributed by atoms with van der Waals surface area (Å²) in [6, 6.07) is 10.1. The standard InChI is InChI=1S/C24H32N6O/c1-5-18(4)21-26-22(28-12-9-13-29(15-14-28)24(31)17(2)3)20-16-25-30(23(20)27-21)19-10-7-6-8-11-19/h6-8,10-11,16-18H,5,9,12-15H2,1-4H3/t18-/m1/s1. The molecule has 7 nitrogen and oxygen atoms in total. The van der Waals surface area contributed by atoms with E-state index in [1.165, 1.54) is 0 Å². The normalized spacial score (nSPS) is 16.0. The molecule has 3 aromatic rings. The maximum Gasteiger partial charge on any atom is 0.225 e. The predicted octanol–water partition coefficient (Wildman–Crippen LogP) is 4.02. The molecule has 1 aromatic carbocycles. The third kappa shape index (κ3) is 4.27. The number of carbonyl (C=O) groups is 1. The lowest BCUT2D eigenvalue weighted by Gasteiger charge is -2.25. The van der Waals surface area contributed by atoms with Crippen LogP contribution in [0.5, 0.6) is 0 Å². The summed E-state index contributed by atoms with van der Waals surface area (Å²) < 4.78 is 1.90. The van der Waals surface area contributed by atoms with Crippen LogP contribution in [0.1, 0.15) is 52.3 Å². The van der Waals surface area contributed by atoms with E-state index in [4.69, 9.17) is 9.97 Å². The number of hydrogen-bond acceptors (Lipinski definition) is 5. The summed E-state index contributed by atoms with van der Waals surface area (Å²) in [6.07, 6.45) is 3.77. The summed E-state index contributed by atoms with van der Waals surface area (Å²) >= 11 is 0. The quantitative estimate of drug-likeness (QED) is 0.624. The Labute approximate surface area is 184 Å². The third-order valence-corrected chi connectivity index (χ3v) is 6.08. The summed E-state index contributed by atoms with van der Waals surface area (Å²) in [4.78, 5) is 26.7. The molecule has 164 valence electrons. The van der Waals surface area contributed by atoms with Gasteiger partial charge in [0.15, 0.2) is 5.65 Å². The second-order valence-electron chi connectivity index (χ2n) is 8.66. The van der Waals surface area contributed by atoms with Crippen LogP contribution in [-0.4, -0.2) is 56.7 Å². The van der Waals surface area contributed by atoms with E-state index in [9.17, 15) is 4.79 Å². The first-order valence-corrected chi connectivity index (χ1v) is 11.3. The Morgan fingerprint density at radius 2 is 1.81 bits per heavy atom. The lowest BCUT2D eigenvalue weighted by molar-refractivity contribution is -0.134. The summed E-state index contributed by atoms with van der Waals surface area (Å²) in [5.74, 6) is 2.29. The number of aromatic nitrogens is 4. The van der Waals surface area contributed by atoms with Crippen molar-refractivity contribution in [2.75, 3.05) is 31.1 Å². The Balaban J connectivity index is 1.75. The average molecular weight is 421 g/mol. The molecule has 1 atom stereocenters. The molecule has 4 rings (SSSR count). The fraction of sp³-hybridized carbons (Fsp3) is 0.500. The topological polar surface area (TPSA) is 67.2 Å². The van der Waals surface area contributed by atoms with Crippen molar-refractivity contribution in [3.05, 3.63) is 42.4 Å². The first-order chi connectivity index (χ1) is 15.0. The van der Waals surface area contributed by atoms with Crippen LogP contribution in [0, 0.1) is 5.92 Å². The lowest BCUT2D eigenvalue weighted by atomic mass is 10.1. The van der Waals surface area contributed by atoms with E-state index in [1.54, 1.807) is 0 Å². The number of hydrogen-bond donors (Lipinski definition) is 0. The van der Waals surface area contributed by atoms with Crippen molar-refractivity contribution < 1.29 is 4.79 Å². The van der Waals surface area contributed by atoms with Gasteiger partial charge in [-0.25, -0.2) is 14.6 Å². The SMILES string of the molecule is CC[C@@H](C)c1nc(N2CCCN(C(=O)C(C)C)CC2)c2cnn(-c3ccccc3)c2n1. The van der Waals surface area contributed by atoms with Gasteiger partial charge in [-0.2, -0.15) is 5.10 Å². The van der Waals surface area contributed by atoms with Gasteiger partial charge in [0, 0.05) is 38.0 Å². The van der Waals surface area contributed by atoms with Crippen LogP contribution >= 0.6 is 0 Å². The molecule has 0 spiro atoms. The van der Waals surface area contributed by atoms with Crippen molar-refractivity contribution >= 4 is 22.8 Å². The Morgan fingerprint density at radius 1 is 1.03 bits per heavy atom. The molecule has 0 N–H and O–H groups in total. The fourth-order valence-corrected chi connectivity index (χ4v) is 4.03. The number of rotatable bonds is 5. The van der Waals surface area contributed by atoms with E-state index in [2.05, 4.69) is 23.8 Å². The Kier molecular flexibility index (Phi) is 6.20. The Hall–Kier alpha value is -2.96. The molecule has 0 saturated carbocycles. The number of amides is 1. The third-order valence-electron chi connectivity index (χ3n) is 6.08. The highest BCUT2D eigenvalue weighted by Crippen LogP contribution is 2.29. The van der Waals surface area contributed by atoms with Crippen molar-refractivity contribution in [1.29, 1.82) is 0 Å². The molecule has 1 fully saturated rings. The number of benzene rings is 1. The smallest absolute Gasteiger partial charge is 0.225 e. The number of fused-ring (bicyclic) bond motifs is 1. The fourth-order valence-electron chi connectivity index (χ4n) is 4.03. The highest BCUT2D eigenvalue weighted by molar-refractivity contribution is 5.88. The minimum atomic E-state index is 0.0263. The summed E-state index contributed by atoms with van der Waals surface area (Å²) in [7, 11) is 0. The van der Waals surface area contributed by atoms with Crippen LogP contribution in [-0.2, 0) is 4.79 Å². The van der Waals surface area contributed by atoms with Crippen LogP contribution in [0.25, 0.3) is 16.7 Å². The van der Waals surface area contributed by atoms with Crippen LogP contribution in [0.2, 0.25) is 0 Å². The molecular formula is C24H32N6O. The molecule has 2 aromatic heterocycles. The van der Waals surface area contributed by atoms with Crippen molar-refractivity contribution in [3.8, 4) is 5.69 Å². The molecule has 3 heterocycles. The molecule has 0 radical (unpaired) electrons. The van der Waals surface area contributed by atoms with E-state index in [-0.39, 0.29) is 17.7 Å². The molecule has 1 aliphatic rings. The molecule has 1 saturated heterocycles. The largest absolute Gasteiger partial charge is 0.354 e. The summed E-state index contributed by atoms with van der Waals surface area (Å²) in [5, 5.41) is 5.62. The maximum absolute atomic E-state index is 12.5. The summed E-state index contributed by atoms with van der Waals surface area (Å²) in [6.45, 7) is 11.4. The van der Waals surface area contributed by atoms with E-state index in [0.29, 0.717) is 6.54 Å². The van der Waals surface area contributed by atoms with Gasteiger partial charge in [-0.15, -0.1) is 0 Å². The molecule has 0 aliphatic carbocycles. The lowest BCUT2D eigenvalue weighted by Crippen LogP contribution is -2.37. The monoisotopic (exact) mass is 420 g/mol. The van der Waals surface area contributed by atoms with Crippen molar-refractivity contribution in [2.45, 2.75) is 46.5 Å². The van der Waals surface area contributed by atoms with Gasteiger partial charge >= 0.3 is 0 Å². The highest BCUT2D eigenvalue weighted by Gasteiger charge is 2.25. The molecule has 0 unspecified atom stereocenters. The van der Waals surface area contributed by atoms with Gasteiger partial charge in [0.2, 0.25) is 5.91 Å². The van der Waals surface area contributed by atoms with Crippen LogP contribution in [0.4, 0.5) is 5.82 Å². The Morgan fingerprint density at radius 3 is 2.52 bits per heavy atom. The zero-order chi connectivity index (χ0) is 22.0. The molecule has 7 heteroatoms. The number of para-hydroxylation sites is 1. The van der Waals surface area contributed by atoms with Gasteiger partial charge in [-0.1, -0.05) is 45.9 Å². The van der Waals surface area contributed by atoms with Gasteiger partial charge < -0.3 is 9.80 Å². The molecule has 0 bridgehead atoms. The second kappa shape index (κ2) is 9.04. The number of nitrogens with zero attached hydrogens (tertiary/aromatic N) is 6. The van der Waals surface area contributed by atoms with E-state index >= 15 is 0 Å². The van der Waals surface area contributed by atoms with Crippen molar-refractivity contribution in [3.63, 3.8) is 0 Å². The van der Waals surface area contributed by atoms with E-state index in [0.717, 1.165) is 60.8 Å².